The van der Waals surface area contributed by atoms with Crippen LogP contribution < -0.4 is 4.74 Å². The highest BCUT2D eigenvalue weighted by Gasteiger charge is 2.36. The summed E-state index contributed by atoms with van der Waals surface area (Å²) in [5, 5.41) is 0. The highest BCUT2D eigenvalue weighted by molar-refractivity contribution is 5.99. The standard InChI is InChI=1S/C16H21NO4/c1-3-11-21-16(19)13-8-6-10-17(13)15(18)12-7-4-5-9-14(12)20-2/h4-5,7,9,13H,3,6,8,10-11H2,1-2H3. The van der Waals surface area contributed by atoms with Gasteiger partial charge in [0.1, 0.15) is 11.8 Å². The number of benzene rings is 1. The van der Waals surface area contributed by atoms with Crippen LogP contribution in [0.1, 0.15) is 36.5 Å². The van der Waals surface area contributed by atoms with Crippen LogP contribution in [0.5, 0.6) is 5.75 Å². The Morgan fingerprint density at radius 3 is 2.81 bits per heavy atom. The van der Waals surface area contributed by atoms with Gasteiger partial charge in [-0.1, -0.05) is 19.1 Å². The highest BCUT2D eigenvalue weighted by Crippen LogP contribution is 2.25. The lowest BCUT2D eigenvalue weighted by Gasteiger charge is -2.24. The van der Waals surface area contributed by atoms with Crippen molar-refractivity contribution < 1.29 is 19.1 Å². The van der Waals surface area contributed by atoms with E-state index in [-0.39, 0.29) is 11.9 Å². The molecule has 0 spiro atoms. The average molecular weight is 291 g/mol. The predicted molar refractivity (Wildman–Crippen MR) is 78.3 cm³/mol. The van der Waals surface area contributed by atoms with Gasteiger partial charge in [-0.3, -0.25) is 4.79 Å². The fourth-order valence-electron chi connectivity index (χ4n) is 2.53. The SMILES string of the molecule is CCCOC(=O)C1CCCN1C(=O)c1ccccc1OC. The van der Waals surface area contributed by atoms with Gasteiger partial charge in [0.15, 0.2) is 0 Å². The molecule has 1 aliphatic heterocycles. The van der Waals surface area contributed by atoms with Crippen molar-refractivity contribution in [3.8, 4) is 5.75 Å². The van der Waals surface area contributed by atoms with Gasteiger partial charge in [-0.25, -0.2) is 4.79 Å². The molecule has 1 heterocycles. The lowest BCUT2D eigenvalue weighted by atomic mass is 10.1. The van der Waals surface area contributed by atoms with Crippen LogP contribution in [0.15, 0.2) is 24.3 Å². The molecule has 5 nitrogen and oxygen atoms in total. The molecule has 0 N–H and O–H groups in total. The van der Waals surface area contributed by atoms with Gasteiger partial charge in [-0.05, 0) is 31.4 Å². The van der Waals surface area contributed by atoms with Crippen LogP contribution in [0.25, 0.3) is 0 Å². The Hall–Kier alpha value is -2.04. The Morgan fingerprint density at radius 2 is 2.10 bits per heavy atom. The largest absolute Gasteiger partial charge is 0.496 e. The van der Waals surface area contributed by atoms with Gasteiger partial charge in [0.25, 0.3) is 5.91 Å². The van der Waals surface area contributed by atoms with E-state index in [0.29, 0.717) is 30.9 Å². The third-order valence-electron chi connectivity index (χ3n) is 3.57. The summed E-state index contributed by atoms with van der Waals surface area (Å²) in [5.74, 6) is 0.0380. The van der Waals surface area contributed by atoms with Crippen LogP contribution in [-0.2, 0) is 9.53 Å². The minimum absolute atomic E-state index is 0.177. The van der Waals surface area contributed by atoms with Gasteiger partial charge in [0.2, 0.25) is 0 Å². The Balaban J connectivity index is 2.15. The van der Waals surface area contributed by atoms with Crippen molar-refractivity contribution in [1.82, 2.24) is 4.90 Å². The predicted octanol–water partition coefficient (Wildman–Crippen LogP) is 2.25. The number of likely N-dealkylation sites (tertiary alicyclic amines) is 1. The van der Waals surface area contributed by atoms with Gasteiger partial charge < -0.3 is 14.4 Å². The topological polar surface area (TPSA) is 55.8 Å². The molecule has 21 heavy (non-hydrogen) atoms. The van der Waals surface area contributed by atoms with E-state index in [4.69, 9.17) is 9.47 Å². The normalized spacial score (nSPS) is 17.6. The molecule has 5 heteroatoms. The van der Waals surface area contributed by atoms with Gasteiger partial charge >= 0.3 is 5.97 Å². The molecule has 0 aliphatic carbocycles. The molecule has 0 radical (unpaired) electrons. The van der Waals surface area contributed by atoms with E-state index >= 15 is 0 Å². The molecule has 1 atom stereocenters. The van der Waals surface area contributed by atoms with Crippen molar-refractivity contribution in [3.05, 3.63) is 29.8 Å². The second kappa shape index (κ2) is 7.11. The number of para-hydroxylation sites is 1. The Labute approximate surface area is 124 Å². The Kier molecular flexibility index (Phi) is 5.20. The van der Waals surface area contributed by atoms with E-state index in [0.717, 1.165) is 12.8 Å². The number of hydrogen-bond donors (Lipinski definition) is 0. The second-order valence-electron chi connectivity index (χ2n) is 5.02. The maximum Gasteiger partial charge on any atom is 0.328 e. The van der Waals surface area contributed by atoms with Crippen LogP contribution >= 0.6 is 0 Å². The fraction of sp³-hybridized carbons (Fsp3) is 0.500. The molecule has 1 fully saturated rings. The van der Waals surface area contributed by atoms with Crippen molar-refractivity contribution in [2.24, 2.45) is 0 Å². The number of methoxy groups -OCH3 is 1. The van der Waals surface area contributed by atoms with E-state index in [1.165, 1.54) is 7.11 Å². The van der Waals surface area contributed by atoms with Crippen molar-refractivity contribution in [1.29, 1.82) is 0 Å². The molecular weight excluding hydrogens is 270 g/mol. The number of carbonyl (C=O) groups excluding carboxylic acids is 2. The maximum absolute atomic E-state index is 12.7. The van der Waals surface area contributed by atoms with E-state index in [9.17, 15) is 9.59 Å². The Bertz CT molecular complexity index is 515. The van der Waals surface area contributed by atoms with Crippen molar-refractivity contribution >= 4 is 11.9 Å². The third kappa shape index (κ3) is 3.35. The van der Waals surface area contributed by atoms with Crippen molar-refractivity contribution in [2.75, 3.05) is 20.3 Å². The van der Waals surface area contributed by atoms with Gasteiger partial charge in [-0.2, -0.15) is 0 Å². The molecule has 1 aromatic rings. The molecule has 2 rings (SSSR count). The van der Waals surface area contributed by atoms with E-state index in [1.807, 2.05) is 13.0 Å². The first-order valence-electron chi connectivity index (χ1n) is 7.29. The van der Waals surface area contributed by atoms with Gasteiger partial charge in [0.05, 0.1) is 19.3 Å². The first-order chi connectivity index (χ1) is 10.2. The van der Waals surface area contributed by atoms with Crippen LogP contribution in [0, 0.1) is 0 Å². The van der Waals surface area contributed by atoms with E-state index in [2.05, 4.69) is 0 Å². The summed E-state index contributed by atoms with van der Waals surface area (Å²) in [5.41, 5.74) is 0.482. The molecule has 0 bridgehead atoms. The summed E-state index contributed by atoms with van der Waals surface area (Å²) in [6.45, 7) is 2.91. The van der Waals surface area contributed by atoms with Crippen molar-refractivity contribution in [3.63, 3.8) is 0 Å². The summed E-state index contributed by atoms with van der Waals surface area (Å²) in [4.78, 5) is 26.3. The average Bonchev–Trinajstić information content (AvgIpc) is 3.01. The van der Waals surface area contributed by atoms with Crippen molar-refractivity contribution in [2.45, 2.75) is 32.2 Å². The third-order valence-corrected chi connectivity index (χ3v) is 3.57. The minimum atomic E-state index is -0.478. The summed E-state index contributed by atoms with van der Waals surface area (Å²) in [7, 11) is 1.53. The van der Waals surface area contributed by atoms with Crippen LogP contribution in [-0.4, -0.2) is 43.1 Å². The van der Waals surface area contributed by atoms with Crippen LogP contribution in [0.3, 0.4) is 0 Å². The summed E-state index contributed by atoms with van der Waals surface area (Å²) in [6, 6.07) is 6.58. The zero-order chi connectivity index (χ0) is 15.2. The van der Waals surface area contributed by atoms with Gasteiger partial charge in [-0.15, -0.1) is 0 Å². The zero-order valence-corrected chi connectivity index (χ0v) is 12.5. The van der Waals surface area contributed by atoms with E-state index in [1.54, 1.807) is 23.1 Å². The molecule has 1 saturated heterocycles. The first kappa shape index (κ1) is 15.4. The number of nitrogens with zero attached hydrogens (tertiary/aromatic N) is 1. The number of carbonyl (C=O) groups is 2. The zero-order valence-electron chi connectivity index (χ0n) is 12.5. The highest BCUT2D eigenvalue weighted by atomic mass is 16.5. The fourth-order valence-corrected chi connectivity index (χ4v) is 2.53. The molecule has 0 saturated carbocycles. The number of esters is 1. The molecule has 1 amide bonds. The summed E-state index contributed by atoms with van der Waals surface area (Å²) >= 11 is 0. The lowest BCUT2D eigenvalue weighted by Crippen LogP contribution is -2.41. The summed E-state index contributed by atoms with van der Waals surface area (Å²) < 4.78 is 10.4. The smallest absolute Gasteiger partial charge is 0.328 e. The van der Waals surface area contributed by atoms with Crippen LogP contribution in [0.4, 0.5) is 0 Å². The molecule has 0 aromatic heterocycles. The molecule has 1 aromatic carbocycles. The van der Waals surface area contributed by atoms with E-state index < -0.39 is 6.04 Å². The minimum Gasteiger partial charge on any atom is -0.496 e. The number of amides is 1. The molecule has 1 aliphatic rings. The monoisotopic (exact) mass is 291 g/mol. The number of rotatable bonds is 5. The van der Waals surface area contributed by atoms with Crippen LogP contribution in [0.2, 0.25) is 0 Å². The maximum atomic E-state index is 12.7. The lowest BCUT2D eigenvalue weighted by molar-refractivity contribution is -0.148. The Morgan fingerprint density at radius 1 is 1.33 bits per heavy atom. The molecular formula is C16H21NO4. The first-order valence-corrected chi connectivity index (χ1v) is 7.29. The molecule has 114 valence electrons. The molecule has 1 unspecified atom stereocenters. The second-order valence-corrected chi connectivity index (χ2v) is 5.02. The number of ether oxygens (including phenoxy) is 2. The number of hydrogen-bond acceptors (Lipinski definition) is 4. The summed E-state index contributed by atoms with van der Waals surface area (Å²) in [6.07, 6.45) is 2.25. The quantitative estimate of drug-likeness (QED) is 0.781. The van der Waals surface area contributed by atoms with Gasteiger partial charge in [0, 0.05) is 6.54 Å².